The van der Waals surface area contributed by atoms with Gasteiger partial charge in [0.15, 0.2) is 68.4 Å². The second-order valence-corrected chi connectivity index (χ2v) is 30.7. The summed E-state index contributed by atoms with van der Waals surface area (Å²) in [6.45, 7) is 21.6. The average molecular weight is 1470 g/mol. The number of nitrogens with one attached hydrogen (secondary N) is 2. The largest absolute Gasteiger partial charge is 0.378 e. The highest BCUT2D eigenvalue weighted by Gasteiger charge is 2.36. The molecule has 3 atom stereocenters. The van der Waals surface area contributed by atoms with E-state index in [1.165, 1.54) is 44.8 Å². The van der Waals surface area contributed by atoms with Crippen LogP contribution in [0.2, 0.25) is 5.28 Å². The summed E-state index contributed by atoms with van der Waals surface area (Å²) in [6.07, 6.45) is 16.4. The highest BCUT2D eigenvalue weighted by molar-refractivity contribution is 7.88. The first-order valence-electron chi connectivity index (χ1n) is 36.3. The molecule has 0 radical (unpaired) electrons. The molecule has 0 bridgehead atoms. The van der Waals surface area contributed by atoms with Gasteiger partial charge >= 0.3 is 0 Å². The van der Waals surface area contributed by atoms with Gasteiger partial charge in [-0.25, -0.2) is 87.9 Å². The Hall–Kier alpha value is -8.75. The van der Waals surface area contributed by atoms with Gasteiger partial charge in [0.2, 0.25) is 45.0 Å². The first-order chi connectivity index (χ1) is 50.3. The van der Waals surface area contributed by atoms with Crippen LogP contribution >= 0.6 is 11.6 Å². The number of nitrogens with two attached hydrogens (primary N) is 5. The Morgan fingerprint density at radius 1 is 0.471 bits per heavy atom. The van der Waals surface area contributed by atoms with Gasteiger partial charge in [-0.15, -0.1) is 0 Å². The number of nitrogens with zero attached hydrogens (tertiary/aromatic N) is 23. The van der Waals surface area contributed by atoms with Crippen molar-refractivity contribution in [2.75, 3.05) is 166 Å². The van der Waals surface area contributed by atoms with Crippen LogP contribution in [0.4, 0.5) is 47.2 Å². The first kappa shape index (κ1) is 70.9. The van der Waals surface area contributed by atoms with Crippen molar-refractivity contribution in [3.05, 3.63) is 41.0 Å². The molecule has 15 heterocycles. The predicted octanol–water partition coefficient (Wildman–Crippen LogP) is 2.89. The molecule has 6 saturated heterocycles. The molecule has 9 aromatic rings. The minimum absolute atomic E-state index is 0.154. The number of rotatable bonds is 16. The number of hydrogen-bond acceptors (Lipinski definition) is 31. The van der Waals surface area contributed by atoms with Gasteiger partial charge in [0, 0.05) is 128 Å². The van der Waals surface area contributed by atoms with Gasteiger partial charge in [0.05, 0.1) is 79.7 Å². The molecule has 104 heavy (non-hydrogen) atoms. The Kier molecular flexibility index (Phi) is 20.7. The maximum absolute atomic E-state index is 11.8. The molecule has 9 aliphatic rings. The quantitative estimate of drug-likeness (QED) is 0.0684. The summed E-state index contributed by atoms with van der Waals surface area (Å²) in [6, 6.07) is 0.457. The smallest absolute Gasteiger partial charge is 0.220 e. The molecule has 35 nitrogen and oxygen atoms in total. The lowest BCUT2D eigenvalue weighted by molar-refractivity contribution is 0.122. The summed E-state index contributed by atoms with van der Waals surface area (Å²) in [5.41, 5.74) is 38.2. The van der Waals surface area contributed by atoms with Gasteiger partial charge in [-0.2, -0.15) is 0 Å². The van der Waals surface area contributed by atoms with Crippen LogP contribution in [0.3, 0.4) is 0 Å². The van der Waals surface area contributed by atoms with Gasteiger partial charge in [-0.05, 0) is 114 Å². The van der Waals surface area contributed by atoms with E-state index in [-0.39, 0.29) is 29.9 Å². The van der Waals surface area contributed by atoms with E-state index in [1.54, 1.807) is 18.6 Å². The third-order valence-corrected chi connectivity index (χ3v) is 21.2. The molecular formula is C67H93ClN30O5S. The number of aryl methyl sites for hydroxylation is 3. The number of nitrogen functional groups attached to an aromatic ring is 3. The predicted molar refractivity (Wildman–Crippen MR) is 398 cm³/mol. The van der Waals surface area contributed by atoms with E-state index in [1.807, 2.05) is 25.3 Å². The molecule has 0 amide bonds. The monoisotopic (exact) mass is 1460 g/mol. The Morgan fingerprint density at radius 3 is 1.20 bits per heavy atom. The first-order valence-corrected chi connectivity index (χ1v) is 38.5. The Bertz CT molecular complexity index is 4700. The maximum atomic E-state index is 11.8. The van der Waals surface area contributed by atoms with Crippen molar-refractivity contribution in [1.29, 1.82) is 0 Å². The second-order valence-electron chi connectivity index (χ2n) is 28.5. The van der Waals surface area contributed by atoms with E-state index in [2.05, 4.69) is 78.6 Å². The lowest BCUT2D eigenvalue weighted by atomic mass is 10.2. The van der Waals surface area contributed by atoms with Crippen LogP contribution in [0, 0.1) is 38.5 Å². The molecule has 0 spiro atoms. The van der Waals surface area contributed by atoms with Gasteiger partial charge in [-0.1, -0.05) is 0 Å². The number of aromatic nitrogens is 18. The van der Waals surface area contributed by atoms with Crippen LogP contribution in [-0.2, 0) is 43.9 Å². The number of morpholine rings is 3. The van der Waals surface area contributed by atoms with Crippen LogP contribution in [-0.4, -0.2) is 239 Å². The number of imidazole rings is 3. The molecular weight excluding hydrogens is 1370 g/mol. The lowest BCUT2D eigenvalue weighted by Gasteiger charge is -2.28. The SMILES string of the molecule is Cc1nc(N)ncc1-c1nc(N2CCOCC2)c2nc(Cl)n(CC3CC3)c2n1.Cc1nc(N)ncc1-c1nc(N2CCOCC2)c2nc(N3CCC(N)C3)n(CC3CC3)c2n1.Cc1nc(N)ncc1-c1nc(N2CCOCC2)c2nc(N3CCC(NS(C)(=O)=O)C3)n(CC3CC3)c2n1.NC1CCNC1. The van der Waals surface area contributed by atoms with Crippen molar-refractivity contribution in [3.63, 3.8) is 0 Å². The Labute approximate surface area is 607 Å². The summed E-state index contributed by atoms with van der Waals surface area (Å²) in [5, 5.41) is 3.60. The van der Waals surface area contributed by atoms with Crippen molar-refractivity contribution >= 4 is 102 Å². The minimum atomic E-state index is -3.29. The standard InChI is InChI=1S/C23H32N10O3S.C22H30N10O.C18H21ClN8O.C4H10N2/c1-14-17(11-25-22(24)26-14)19-28-20(31-7-9-36-10-8-31)18-21(29-19)33(12-15-3-4-15)23(27-18)32-6-5-16(13-32)30-37(2,34)35;1-13-16(10-25-21(24)26-13)18-28-19(30-6-8-33-9-7-30)17-20(29-18)32(11-14-2-3-14)22(27-17)31-5-4-15(23)12-31;1-10-12(8-21-18(20)22-10)14-24-15(26-4-6-28-7-5-26)13-16(25-14)27(17(19)23-13)9-11-2-3-11;5-4-1-2-6-3-4/h11,15-16,30H,3-10,12-13H2,1-2H3,(H2,24,25,26);10,14-15H,2-9,11-12,23H2,1H3,(H2,24,25,26);8,11H,2-7,9H2,1H3,(H2,20,21,22);4,6H,1-3,5H2. The van der Waals surface area contributed by atoms with E-state index in [0.29, 0.717) is 118 Å². The van der Waals surface area contributed by atoms with Crippen molar-refractivity contribution < 1.29 is 22.6 Å². The van der Waals surface area contributed by atoms with E-state index in [9.17, 15) is 8.42 Å². The van der Waals surface area contributed by atoms with Crippen LogP contribution in [0.1, 0.15) is 74.9 Å². The zero-order valence-electron chi connectivity index (χ0n) is 59.4. The molecule has 3 saturated carbocycles. The fraction of sp³-hybridized carbons (Fsp3) is 0.597. The van der Waals surface area contributed by atoms with Gasteiger partial charge in [-0.3, -0.25) is 13.7 Å². The maximum Gasteiger partial charge on any atom is 0.220 e. The zero-order chi connectivity index (χ0) is 71.9. The summed E-state index contributed by atoms with van der Waals surface area (Å²) < 4.78 is 49.6. The average Bonchev–Trinajstić information content (AvgIpc) is 1.59. The third-order valence-electron chi connectivity index (χ3n) is 20.2. The summed E-state index contributed by atoms with van der Waals surface area (Å²) in [4.78, 5) is 81.1. The molecule has 12 N–H and O–H groups in total. The zero-order valence-corrected chi connectivity index (χ0v) is 61.0. The van der Waals surface area contributed by atoms with Crippen molar-refractivity contribution in [1.82, 2.24) is 98.5 Å². The third kappa shape index (κ3) is 16.2. The molecule has 9 fully saturated rings. The number of halogens is 1. The molecule has 18 rings (SSSR count). The molecule has 3 aliphatic carbocycles. The van der Waals surface area contributed by atoms with Crippen LogP contribution in [0.15, 0.2) is 18.6 Å². The minimum Gasteiger partial charge on any atom is -0.378 e. The van der Waals surface area contributed by atoms with Gasteiger partial charge < -0.3 is 72.7 Å². The fourth-order valence-electron chi connectivity index (χ4n) is 14.0. The van der Waals surface area contributed by atoms with Crippen LogP contribution in [0.5, 0.6) is 0 Å². The highest BCUT2D eigenvalue weighted by atomic mass is 35.5. The van der Waals surface area contributed by atoms with Gasteiger partial charge in [0.25, 0.3) is 0 Å². The molecule has 554 valence electrons. The number of anilines is 8. The summed E-state index contributed by atoms with van der Waals surface area (Å²) >= 11 is 6.50. The highest BCUT2D eigenvalue weighted by Crippen LogP contribution is 2.41. The topological polar surface area (TPSA) is 440 Å². The molecule has 0 aromatic carbocycles. The van der Waals surface area contributed by atoms with E-state index in [4.69, 9.17) is 94.4 Å². The second kappa shape index (κ2) is 30.4. The Morgan fingerprint density at radius 2 is 0.856 bits per heavy atom. The molecule has 6 aliphatic heterocycles. The summed E-state index contributed by atoms with van der Waals surface area (Å²) in [7, 11) is -3.29. The number of hydrogen-bond donors (Lipinski definition) is 7. The number of fused-ring (bicyclic) bond motifs is 3. The van der Waals surface area contributed by atoms with Crippen LogP contribution < -0.4 is 63.2 Å². The van der Waals surface area contributed by atoms with Gasteiger partial charge in [0.1, 0.15) is 0 Å². The van der Waals surface area contributed by atoms with Crippen molar-refractivity contribution in [2.24, 2.45) is 29.2 Å². The van der Waals surface area contributed by atoms with E-state index >= 15 is 0 Å². The van der Waals surface area contributed by atoms with Crippen molar-refractivity contribution in [2.45, 2.75) is 116 Å². The molecule has 9 aromatic heterocycles. The van der Waals surface area contributed by atoms with Crippen LogP contribution in [0.25, 0.3) is 67.7 Å². The van der Waals surface area contributed by atoms with E-state index in [0.717, 1.165) is 182 Å². The number of sulfonamides is 1. The van der Waals surface area contributed by atoms with Crippen molar-refractivity contribution in [3.8, 4) is 34.2 Å². The van der Waals surface area contributed by atoms with E-state index < -0.39 is 10.0 Å². The fourth-order valence-corrected chi connectivity index (χ4v) is 15.0. The Balaban J connectivity index is 0.000000121. The number of ether oxygens (including phenoxy) is 3. The molecule has 3 unspecified atom stereocenters. The normalized spacial score (nSPS) is 20.8. The molecule has 37 heteroatoms. The summed E-state index contributed by atoms with van der Waals surface area (Å²) in [5.74, 6) is 8.42. The lowest BCUT2D eigenvalue weighted by Crippen LogP contribution is -2.37.